The molecule has 3 heterocycles. The lowest BCUT2D eigenvalue weighted by Crippen LogP contribution is -2.41. The van der Waals surface area contributed by atoms with Crippen molar-refractivity contribution >= 4 is 27.8 Å². The Morgan fingerprint density at radius 2 is 1.76 bits per heavy atom. The second-order valence-electron chi connectivity index (χ2n) is 10.0. The van der Waals surface area contributed by atoms with E-state index in [0.29, 0.717) is 43.2 Å². The van der Waals surface area contributed by atoms with Crippen molar-refractivity contribution in [1.82, 2.24) is 4.90 Å². The number of benzene rings is 3. The third kappa shape index (κ3) is 4.86. The Hall–Kier alpha value is -5.09. The van der Waals surface area contributed by atoms with Crippen molar-refractivity contribution in [2.24, 2.45) is 0 Å². The van der Waals surface area contributed by atoms with Crippen molar-refractivity contribution in [3.05, 3.63) is 98.5 Å². The molecule has 1 aliphatic rings. The molecule has 0 aliphatic carbocycles. The summed E-state index contributed by atoms with van der Waals surface area (Å²) in [5, 5.41) is 22.0. The summed E-state index contributed by atoms with van der Waals surface area (Å²) in [7, 11) is 1.48. The standard InChI is InChI=1S/C32H27NO9/c1-39-19-7-8-26-21(13-19)31(38)22(17-41-26)20(14-28(37)33-9-11-40-12-10-33)29-23(34)15-24(35)30-25(36)16-27(42-32(29)30)18-5-3-2-4-6-18/h2-8,13,15-17,20,34-35H,9-12,14H2,1H3/t20-/m1/s1. The smallest absolute Gasteiger partial charge is 0.223 e. The number of aromatic hydroxyl groups is 2. The van der Waals surface area contributed by atoms with E-state index in [0.717, 1.165) is 6.07 Å². The number of ether oxygens (including phenoxy) is 2. The molecule has 1 saturated heterocycles. The molecule has 1 aliphatic heterocycles. The van der Waals surface area contributed by atoms with Crippen LogP contribution < -0.4 is 15.6 Å². The molecule has 1 atom stereocenters. The van der Waals surface area contributed by atoms with E-state index in [1.807, 2.05) is 6.07 Å². The number of hydrogen-bond acceptors (Lipinski definition) is 9. The van der Waals surface area contributed by atoms with E-state index in [-0.39, 0.29) is 45.6 Å². The second kappa shape index (κ2) is 11.1. The Morgan fingerprint density at radius 3 is 2.50 bits per heavy atom. The number of phenolic OH excluding ortho intramolecular Hbond substituents is 2. The van der Waals surface area contributed by atoms with E-state index >= 15 is 0 Å². The maximum Gasteiger partial charge on any atom is 0.223 e. The Kier molecular flexibility index (Phi) is 7.13. The number of phenols is 2. The molecule has 1 amide bonds. The van der Waals surface area contributed by atoms with Crippen LogP contribution in [-0.4, -0.2) is 54.4 Å². The molecule has 0 spiro atoms. The maximum atomic E-state index is 14.0. The van der Waals surface area contributed by atoms with E-state index in [1.165, 1.54) is 25.5 Å². The van der Waals surface area contributed by atoms with Crippen molar-refractivity contribution in [1.29, 1.82) is 0 Å². The summed E-state index contributed by atoms with van der Waals surface area (Å²) in [6.45, 7) is 1.48. The fourth-order valence-corrected chi connectivity index (χ4v) is 5.38. The van der Waals surface area contributed by atoms with Crippen LogP contribution >= 0.6 is 0 Å². The molecule has 5 aromatic rings. The summed E-state index contributed by atoms with van der Waals surface area (Å²) >= 11 is 0. The monoisotopic (exact) mass is 569 g/mol. The topological polar surface area (TPSA) is 140 Å². The zero-order valence-corrected chi connectivity index (χ0v) is 22.7. The van der Waals surface area contributed by atoms with Gasteiger partial charge in [-0.15, -0.1) is 0 Å². The molecule has 3 aromatic carbocycles. The molecule has 10 nitrogen and oxygen atoms in total. The first kappa shape index (κ1) is 27.1. The number of methoxy groups -OCH3 is 1. The van der Waals surface area contributed by atoms with Gasteiger partial charge in [-0.1, -0.05) is 30.3 Å². The largest absolute Gasteiger partial charge is 0.507 e. The van der Waals surface area contributed by atoms with Crippen LogP contribution in [0.5, 0.6) is 17.2 Å². The van der Waals surface area contributed by atoms with Gasteiger partial charge in [0.1, 0.15) is 39.6 Å². The van der Waals surface area contributed by atoms with Crippen LogP contribution in [0.4, 0.5) is 0 Å². The third-order valence-corrected chi connectivity index (χ3v) is 7.53. The lowest BCUT2D eigenvalue weighted by atomic mass is 9.86. The van der Waals surface area contributed by atoms with Gasteiger partial charge in [-0.05, 0) is 18.2 Å². The zero-order valence-electron chi connectivity index (χ0n) is 22.7. The van der Waals surface area contributed by atoms with Gasteiger partial charge >= 0.3 is 0 Å². The molecular weight excluding hydrogens is 542 g/mol. The summed E-state index contributed by atoms with van der Waals surface area (Å²) in [6, 6.07) is 15.9. The lowest BCUT2D eigenvalue weighted by Gasteiger charge is -2.29. The highest BCUT2D eigenvalue weighted by Crippen LogP contribution is 2.42. The lowest BCUT2D eigenvalue weighted by molar-refractivity contribution is -0.135. The van der Waals surface area contributed by atoms with Gasteiger partial charge in [0.25, 0.3) is 0 Å². The average Bonchev–Trinajstić information content (AvgIpc) is 3.01. The molecular formula is C32H27NO9. The van der Waals surface area contributed by atoms with Gasteiger partial charge in [-0.25, -0.2) is 0 Å². The molecule has 42 heavy (non-hydrogen) atoms. The molecule has 2 N–H and O–H groups in total. The molecule has 0 unspecified atom stereocenters. The van der Waals surface area contributed by atoms with E-state index in [4.69, 9.17) is 18.3 Å². The number of amides is 1. The molecule has 0 bridgehead atoms. The van der Waals surface area contributed by atoms with Crippen LogP contribution in [0.2, 0.25) is 0 Å². The Balaban J connectivity index is 1.62. The minimum absolute atomic E-state index is 0.00818. The normalized spacial score (nSPS) is 14.3. The average molecular weight is 570 g/mol. The van der Waals surface area contributed by atoms with Crippen LogP contribution in [0.1, 0.15) is 23.5 Å². The van der Waals surface area contributed by atoms with Gasteiger partial charge in [-0.3, -0.25) is 14.4 Å². The van der Waals surface area contributed by atoms with Gasteiger partial charge in [0, 0.05) is 54.3 Å². The first-order valence-electron chi connectivity index (χ1n) is 13.4. The predicted molar refractivity (Wildman–Crippen MR) is 154 cm³/mol. The molecule has 0 radical (unpaired) electrons. The van der Waals surface area contributed by atoms with Crippen LogP contribution in [0.25, 0.3) is 33.3 Å². The fraction of sp³-hybridized carbons (Fsp3) is 0.219. The number of morpholine rings is 1. The first-order valence-corrected chi connectivity index (χ1v) is 13.4. The highest BCUT2D eigenvalue weighted by molar-refractivity contribution is 5.91. The summed E-state index contributed by atoms with van der Waals surface area (Å²) in [6.07, 6.45) is 0.999. The quantitative estimate of drug-likeness (QED) is 0.305. The van der Waals surface area contributed by atoms with Crippen molar-refractivity contribution in [3.63, 3.8) is 0 Å². The minimum Gasteiger partial charge on any atom is -0.507 e. The first-order chi connectivity index (χ1) is 20.4. The van der Waals surface area contributed by atoms with Crippen LogP contribution in [0, 0.1) is 0 Å². The number of hydrogen-bond donors (Lipinski definition) is 2. The van der Waals surface area contributed by atoms with Gasteiger partial charge < -0.3 is 33.4 Å². The van der Waals surface area contributed by atoms with E-state index in [2.05, 4.69) is 0 Å². The van der Waals surface area contributed by atoms with Crippen LogP contribution in [0.3, 0.4) is 0 Å². The number of nitrogens with zero attached hydrogens (tertiary/aromatic N) is 1. The summed E-state index contributed by atoms with van der Waals surface area (Å²) in [5.74, 6) is -1.72. The molecule has 0 saturated carbocycles. The number of fused-ring (bicyclic) bond motifs is 2. The number of rotatable bonds is 6. The molecule has 10 heteroatoms. The van der Waals surface area contributed by atoms with E-state index in [1.54, 1.807) is 41.3 Å². The number of carbonyl (C=O) groups is 1. The summed E-state index contributed by atoms with van der Waals surface area (Å²) < 4.78 is 22.7. The minimum atomic E-state index is -1.11. The Morgan fingerprint density at radius 1 is 1.00 bits per heavy atom. The van der Waals surface area contributed by atoms with Crippen molar-refractivity contribution in [3.8, 4) is 28.6 Å². The predicted octanol–water partition coefficient (Wildman–Crippen LogP) is 4.37. The van der Waals surface area contributed by atoms with Crippen LogP contribution in [-0.2, 0) is 9.53 Å². The SMILES string of the molecule is COc1ccc2occ([C@@H](CC(=O)N3CCOCC3)c3c(O)cc(O)c4c(=O)cc(-c5ccccc5)oc34)c(=O)c2c1. The summed E-state index contributed by atoms with van der Waals surface area (Å²) in [4.78, 5) is 42.5. The zero-order chi connectivity index (χ0) is 29.4. The second-order valence-corrected chi connectivity index (χ2v) is 10.0. The van der Waals surface area contributed by atoms with Gasteiger partial charge in [0.15, 0.2) is 10.9 Å². The van der Waals surface area contributed by atoms with E-state index < -0.39 is 28.3 Å². The highest BCUT2D eigenvalue weighted by atomic mass is 16.5. The third-order valence-electron chi connectivity index (χ3n) is 7.53. The summed E-state index contributed by atoms with van der Waals surface area (Å²) in [5.41, 5.74) is -0.173. The molecule has 2 aromatic heterocycles. The van der Waals surface area contributed by atoms with Gasteiger partial charge in [-0.2, -0.15) is 0 Å². The molecule has 1 fully saturated rings. The molecule has 6 rings (SSSR count). The van der Waals surface area contributed by atoms with Crippen LogP contribution in [0.15, 0.2) is 85.4 Å². The highest BCUT2D eigenvalue weighted by Gasteiger charge is 2.32. The van der Waals surface area contributed by atoms with Crippen molar-refractivity contribution in [2.75, 3.05) is 33.4 Å². The van der Waals surface area contributed by atoms with E-state index in [9.17, 15) is 24.6 Å². The number of carbonyl (C=O) groups excluding carboxylic acids is 1. The Bertz CT molecular complexity index is 1920. The maximum absolute atomic E-state index is 14.0. The van der Waals surface area contributed by atoms with Crippen molar-refractivity contribution in [2.45, 2.75) is 12.3 Å². The fourth-order valence-electron chi connectivity index (χ4n) is 5.38. The van der Waals surface area contributed by atoms with Crippen molar-refractivity contribution < 1.29 is 33.3 Å². The Labute approximate surface area is 238 Å². The molecule has 214 valence electrons. The van der Waals surface area contributed by atoms with Gasteiger partial charge in [0.05, 0.1) is 32.0 Å². The van der Waals surface area contributed by atoms with Gasteiger partial charge in [0.2, 0.25) is 5.91 Å².